The normalized spacial score (nSPS) is 11.2. The van der Waals surface area contributed by atoms with Crippen molar-refractivity contribution in [1.29, 1.82) is 0 Å². The van der Waals surface area contributed by atoms with Crippen molar-refractivity contribution < 1.29 is 14.6 Å². The van der Waals surface area contributed by atoms with Crippen LogP contribution < -0.4 is 0 Å². The lowest BCUT2D eigenvalue weighted by Gasteiger charge is -2.08. The summed E-state index contributed by atoms with van der Waals surface area (Å²) in [5.41, 5.74) is 3.83. The molecule has 0 amide bonds. The Morgan fingerprint density at radius 2 is 2.05 bits per heavy atom. The van der Waals surface area contributed by atoms with Crippen molar-refractivity contribution in [2.75, 3.05) is 13.7 Å². The molecule has 0 fully saturated rings. The summed E-state index contributed by atoms with van der Waals surface area (Å²) in [6.07, 6.45) is 2.08. The standard InChI is InChI=1S/C16H21NO3/c1-11-12(2)17(8-4-5-9-20-3)15-7-6-13(16(18)19)10-14(11)15/h6-7,10H,4-5,8-9H2,1-3H3,(H,18,19). The summed E-state index contributed by atoms with van der Waals surface area (Å²) in [5, 5.41) is 10.1. The van der Waals surface area contributed by atoms with Gasteiger partial charge in [-0.3, -0.25) is 0 Å². The van der Waals surface area contributed by atoms with E-state index in [4.69, 9.17) is 9.84 Å². The van der Waals surface area contributed by atoms with Crippen LogP contribution in [0.3, 0.4) is 0 Å². The van der Waals surface area contributed by atoms with E-state index in [1.165, 1.54) is 5.69 Å². The van der Waals surface area contributed by atoms with E-state index in [-0.39, 0.29) is 0 Å². The Morgan fingerprint density at radius 1 is 1.30 bits per heavy atom. The van der Waals surface area contributed by atoms with E-state index < -0.39 is 5.97 Å². The van der Waals surface area contributed by atoms with Crippen LogP contribution in [0.15, 0.2) is 18.2 Å². The van der Waals surface area contributed by atoms with Crippen molar-refractivity contribution in [3.8, 4) is 0 Å². The van der Waals surface area contributed by atoms with Crippen molar-refractivity contribution in [2.24, 2.45) is 0 Å². The minimum atomic E-state index is -0.878. The summed E-state index contributed by atoms with van der Waals surface area (Å²) < 4.78 is 7.34. The van der Waals surface area contributed by atoms with Gasteiger partial charge in [0.2, 0.25) is 0 Å². The zero-order valence-corrected chi connectivity index (χ0v) is 12.3. The number of methoxy groups -OCH3 is 1. The van der Waals surface area contributed by atoms with Gasteiger partial charge in [0.15, 0.2) is 0 Å². The summed E-state index contributed by atoms with van der Waals surface area (Å²) in [6.45, 7) is 5.85. The van der Waals surface area contributed by atoms with Crippen molar-refractivity contribution in [3.63, 3.8) is 0 Å². The predicted octanol–water partition coefficient (Wildman–Crippen LogP) is 3.38. The Bertz CT molecular complexity index is 628. The second kappa shape index (κ2) is 6.09. The fourth-order valence-electron chi connectivity index (χ4n) is 2.59. The molecule has 0 saturated heterocycles. The fraction of sp³-hybridized carbons (Fsp3) is 0.438. The minimum Gasteiger partial charge on any atom is -0.478 e. The molecule has 0 aliphatic carbocycles. The molecule has 0 radical (unpaired) electrons. The number of unbranched alkanes of at least 4 members (excludes halogenated alkanes) is 1. The molecule has 20 heavy (non-hydrogen) atoms. The van der Waals surface area contributed by atoms with Crippen LogP contribution in [0.25, 0.3) is 10.9 Å². The lowest BCUT2D eigenvalue weighted by Crippen LogP contribution is -2.02. The van der Waals surface area contributed by atoms with Gasteiger partial charge in [-0.25, -0.2) is 4.79 Å². The number of aromatic nitrogens is 1. The topological polar surface area (TPSA) is 51.5 Å². The van der Waals surface area contributed by atoms with E-state index >= 15 is 0 Å². The van der Waals surface area contributed by atoms with Crippen LogP contribution in [0, 0.1) is 13.8 Å². The van der Waals surface area contributed by atoms with Gasteiger partial charge in [0, 0.05) is 36.9 Å². The molecule has 1 aromatic heterocycles. The highest BCUT2D eigenvalue weighted by molar-refractivity contribution is 5.95. The third-order valence-electron chi connectivity index (χ3n) is 3.87. The average molecular weight is 275 g/mol. The van der Waals surface area contributed by atoms with E-state index in [0.717, 1.165) is 42.5 Å². The molecule has 4 nitrogen and oxygen atoms in total. The van der Waals surface area contributed by atoms with Gasteiger partial charge < -0.3 is 14.4 Å². The number of fused-ring (bicyclic) bond motifs is 1. The number of nitrogens with zero attached hydrogens (tertiary/aromatic N) is 1. The first-order valence-electron chi connectivity index (χ1n) is 6.88. The van der Waals surface area contributed by atoms with E-state index in [2.05, 4.69) is 18.4 Å². The zero-order chi connectivity index (χ0) is 14.7. The lowest BCUT2D eigenvalue weighted by atomic mass is 10.1. The minimum absolute atomic E-state index is 0.345. The lowest BCUT2D eigenvalue weighted by molar-refractivity contribution is 0.0697. The molecule has 0 aliphatic rings. The molecule has 0 atom stereocenters. The SMILES string of the molecule is COCCCCn1c(C)c(C)c2cc(C(=O)O)ccc21. The van der Waals surface area contributed by atoms with Crippen LogP contribution >= 0.6 is 0 Å². The first-order valence-corrected chi connectivity index (χ1v) is 6.88. The van der Waals surface area contributed by atoms with Crippen molar-refractivity contribution >= 4 is 16.9 Å². The van der Waals surface area contributed by atoms with Gasteiger partial charge in [0.25, 0.3) is 0 Å². The molecule has 4 heteroatoms. The predicted molar refractivity (Wildman–Crippen MR) is 79.5 cm³/mol. The summed E-state index contributed by atoms with van der Waals surface area (Å²) in [7, 11) is 1.72. The summed E-state index contributed by atoms with van der Waals surface area (Å²) >= 11 is 0. The smallest absolute Gasteiger partial charge is 0.335 e. The molecule has 0 aliphatic heterocycles. The number of aryl methyl sites for hydroxylation is 2. The maximum absolute atomic E-state index is 11.1. The van der Waals surface area contributed by atoms with E-state index in [1.54, 1.807) is 19.2 Å². The van der Waals surface area contributed by atoms with Crippen LogP contribution in [0.2, 0.25) is 0 Å². The Morgan fingerprint density at radius 3 is 2.70 bits per heavy atom. The van der Waals surface area contributed by atoms with Gasteiger partial charge >= 0.3 is 5.97 Å². The highest BCUT2D eigenvalue weighted by Crippen LogP contribution is 2.26. The Hall–Kier alpha value is -1.81. The van der Waals surface area contributed by atoms with E-state index in [1.807, 2.05) is 6.07 Å². The summed E-state index contributed by atoms with van der Waals surface area (Å²) in [6, 6.07) is 5.36. The number of hydrogen-bond donors (Lipinski definition) is 1. The molecular formula is C16H21NO3. The molecule has 2 aromatic rings. The molecule has 0 unspecified atom stereocenters. The zero-order valence-electron chi connectivity index (χ0n) is 12.3. The Balaban J connectivity index is 2.35. The first kappa shape index (κ1) is 14.6. The molecule has 108 valence electrons. The molecule has 0 saturated carbocycles. The molecular weight excluding hydrogens is 254 g/mol. The molecule has 0 spiro atoms. The van der Waals surface area contributed by atoms with Crippen molar-refractivity contribution in [1.82, 2.24) is 4.57 Å². The van der Waals surface area contributed by atoms with Crippen molar-refractivity contribution in [2.45, 2.75) is 33.2 Å². The fourth-order valence-corrected chi connectivity index (χ4v) is 2.59. The van der Waals surface area contributed by atoms with Crippen molar-refractivity contribution in [3.05, 3.63) is 35.0 Å². The highest BCUT2D eigenvalue weighted by atomic mass is 16.5. The average Bonchev–Trinajstić information content (AvgIpc) is 2.67. The number of carbonyl (C=O) groups is 1. The molecule has 1 aromatic carbocycles. The van der Waals surface area contributed by atoms with E-state index in [0.29, 0.717) is 5.56 Å². The third kappa shape index (κ3) is 2.70. The monoisotopic (exact) mass is 275 g/mol. The maximum Gasteiger partial charge on any atom is 0.335 e. The van der Waals surface area contributed by atoms with Crippen LogP contribution in [0.1, 0.15) is 34.5 Å². The van der Waals surface area contributed by atoms with Gasteiger partial charge in [-0.1, -0.05) is 0 Å². The highest BCUT2D eigenvalue weighted by Gasteiger charge is 2.13. The van der Waals surface area contributed by atoms with Gasteiger partial charge in [0.1, 0.15) is 0 Å². The number of ether oxygens (including phenoxy) is 1. The number of hydrogen-bond acceptors (Lipinski definition) is 2. The largest absolute Gasteiger partial charge is 0.478 e. The van der Waals surface area contributed by atoms with Crippen LogP contribution in [0.4, 0.5) is 0 Å². The van der Waals surface area contributed by atoms with Gasteiger partial charge in [-0.15, -0.1) is 0 Å². The van der Waals surface area contributed by atoms with Crippen LogP contribution in [0.5, 0.6) is 0 Å². The quantitative estimate of drug-likeness (QED) is 0.822. The molecule has 0 bridgehead atoms. The molecule has 2 rings (SSSR count). The number of carboxylic acid groups (broad SMARTS) is 1. The number of rotatable bonds is 6. The number of carboxylic acids is 1. The first-order chi connectivity index (χ1) is 9.56. The maximum atomic E-state index is 11.1. The Kier molecular flexibility index (Phi) is 4.45. The second-order valence-electron chi connectivity index (χ2n) is 5.10. The Labute approximate surface area is 119 Å². The summed E-state index contributed by atoms with van der Waals surface area (Å²) in [4.78, 5) is 11.1. The van der Waals surface area contributed by atoms with Gasteiger partial charge in [-0.05, 0) is 50.5 Å². The molecule has 1 heterocycles. The number of aromatic carboxylic acids is 1. The van der Waals surface area contributed by atoms with E-state index in [9.17, 15) is 4.79 Å². The van der Waals surface area contributed by atoms with Crippen LogP contribution in [-0.4, -0.2) is 29.4 Å². The second-order valence-corrected chi connectivity index (χ2v) is 5.10. The van der Waals surface area contributed by atoms with Crippen LogP contribution in [-0.2, 0) is 11.3 Å². The third-order valence-corrected chi connectivity index (χ3v) is 3.87. The van der Waals surface area contributed by atoms with Gasteiger partial charge in [-0.2, -0.15) is 0 Å². The summed E-state index contributed by atoms with van der Waals surface area (Å²) in [5.74, 6) is -0.878. The number of benzene rings is 1. The van der Waals surface area contributed by atoms with Gasteiger partial charge in [0.05, 0.1) is 5.56 Å². The molecule has 1 N–H and O–H groups in total.